The van der Waals surface area contributed by atoms with Crippen LogP contribution >= 0.6 is 11.8 Å². The Hall–Kier alpha value is -4.82. The summed E-state index contributed by atoms with van der Waals surface area (Å²) in [6.07, 6.45) is 0.573. The van der Waals surface area contributed by atoms with Crippen LogP contribution in [-0.4, -0.2) is 71.3 Å². The van der Waals surface area contributed by atoms with Crippen LogP contribution in [0.5, 0.6) is 5.75 Å². The van der Waals surface area contributed by atoms with Crippen LogP contribution in [0.1, 0.15) is 34.8 Å². The van der Waals surface area contributed by atoms with Gasteiger partial charge in [0.15, 0.2) is 12.4 Å². The van der Waals surface area contributed by atoms with Gasteiger partial charge in [-0.3, -0.25) is 19.2 Å². The Morgan fingerprint density at radius 1 is 0.935 bits per heavy atom. The minimum atomic E-state index is -1.20. The van der Waals surface area contributed by atoms with E-state index < -0.39 is 59.9 Å². The number of halogens is 2. The lowest BCUT2D eigenvalue weighted by atomic mass is 9.92. The Morgan fingerprint density at radius 3 is 2.17 bits per heavy atom. The van der Waals surface area contributed by atoms with Crippen molar-refractivity contribution in [1.82, 2.24) is 10.6 Å². The number of hydrogen-bond donors (Lipinski definition) is 4. The van der Waals surface area contributed by atoms with Crippen LogP contribution in [0.3, 0.4) is 0 Å². The van der Waals surface area contributed by atoms with Gasteiger partial charge in [0.1, 0.15) is 28.7 Å². The third-order valence-electron chi connectivity index (χ3n) is 7.08. The van der Waals surface area contributed by atoms with Gasteiger partial charge < -0.3 is 31.1 Å². The molecule has 3 aromatic rings. The Morgan fingerprint density at radius 2 is 1.57 bits per heavy atom. The first-order valence-corrected chi connectivity index (χ1v) is 15.3. The topological polar surface area (TPSA) is 168 Å². The maximum atomic E-state index is 13.6. The number of carboxylic acids is 1. The van der Waals surface area contributed by atoms with Crippen LogP contribution in [0.4, 0.5) is 14.5 Å². The van der Waals surface area contributed by atoms with Gasteiger partial charge in [-0.15, -0.1) is 11.8 Å². The number of hydrogen-bond acceptors (Lipinski definition) is 8. The number of nitrogens with two attached hydrogens (primary N) is 1. The Kier molecular flexibility index (Phi) is 11.8. The molecule has 1 saturated heterocycles. The SMILES string of the molecule is NCCC[C@@H](NC(=O)CNC(=O)COc1ccc([C@@H]2[C@@H](SCC(=O)c3ccc(F)cc3)C(=O)N2c2ccc(F)cc2)cc1)C(=O)O. The molecule has 0 aromatic heterocycles. The standard InChI is InChI=1S/C32H32F2N4O7S/c33-21-7-3-19(4-8-21)26(39)18-46-30-29(38(31(30)42)23-11-9-22(34)10-12-23)20-5-13-24(14-6-20)45-17-28(41)36-16-27(40)37-25(32(43)44)2-1-15-35/h3-14,25,29-30H,1-2,15-18,35H2,(H,36,41)(H,37,40)(H,43,44)/t25-,29-,30-/m1/s1. The number of amides is 3. The van der Waals surface area contributed by atoms with Crippen molar-refractivity contribution in [3.8, 4) is 5.75 Å². The Bertz CT molecular complexity index is 1560. The summed E-state index contributed by atoms with van der Waals surface area (Å²) in [6, 6.07) is 15.6. The smallest absolute Gasteiger partial charge is 0.326 e. The molecule has 0 bridgehead atoms. The molecule has 14 heteroatoms. The van der Waals surface area contributed by atoms with Gasteiger partial charge in [-0.05, 0) is 85.6 Å². The fraction of sp³-hybridized carbons (Fsp3) is 0.281. The zero-order valence-electron chi connectivity index (χ0n) is 24.5. The van der Waals surface area contributed by atoms with Gasteiger partial charge in [-0.25, -0.2) is 13.6 Å². The molecule has 0 spiro atoms. The second-order valence-electron chi connectivity index (χ2n) is 10.3. The first-order valence-electron chi connectivity index (χ1n) is 14.3. The lowest BCUT2D eigenvalue weighted by molar-refractivity contribution is -0.142. The van der Waals surface area contributed by atoms with Crippen molar-refractivity contribution >= 4 is 46.9 Å². The Labute approximate surface area is 267 Å². The number of β-lactam (4-membered cyclic amide) rings is 1. The predicted octanol–water partition coefficient (Wildman–Crippen LogP) is 2.84. The van der Waals surface area contributed by atoms with Crippen molar-refractivity contribution in [2.24, 2.45) is 5.73 Å². The van der Waals surface area contributed by atoms with Crippen LogP contribution in [0, 0.1) is 11.6 Å². The van der Waals surface area contributed by atoms with E-state index in [-0.39, 0.29) is 30.4 Å². The highest BCUT2D eigenvalue weighted by Crippen LogP contribution is 2.45. The molecule has 1 aliphatic heterocycles. The number of ketones is 1. The molecule has 0 aliphatic carbocycles. The first-order chi connectivity index (χ1) is 22.1. The number of carboxylic acid groups (broad SMARTS) is 1. The molecule has 1 heterocycles. The number of Topliss-reactive ketones (excluding diaryl/α,β-unsaturated/α-hetero) is 1. The van der Waals surface area contributed by atoms with Crippen molar-refractivity contribution in [2.75, 3.05) is 30.3 Å². The molecule has 0 unspecified atom stereocenters. The molecular weight excluding hydrogens is 622 g/mol. The maximum absolute atomic E-state index is 13.6. The van der Waals surface area contributed by atoms with E-state index in [1.54, 1.807) is 24.3 Å². The van der Waals surface area contributed by atoms with Gasteiger partial charge in [0.05, 0.1) is 18.3 Å². The molecule has 46 heavy (non-hydrogen) atoms. The molecular formula is C32H32F2N4O7S. The van der Waals surface area contributed by atoms with Crippen molar-refractivity contribution in [3.63, 3.8) is 0 Å². The quantitative estimate of drug-likeness (QED) is 0.134. The van der Waals surface area contributed by atoms with E-state index in [0.29, 0.717) is 29.0 Å². The second kappa shape index (κ2) is 16.0. The summed E-state index contributed by atoms with van der Waals surface area (Å²) in [4.78, 5) is 63.0. The largest absolute Gasteiger partial charge is 0.484 e. The van der Waals surface area contributed by atoms with Gasteiger partial charge in [0.25, 0.3) is 5.91 Å². The number of rotatable bonds is 16. The number of carbonyl (C=O) groups excluding carboxylic acids is 4. The van der Waals surface area contributed by atoms with E-state index >= 15 is 0 Å². The van der Waals surface area contributed by atoms with Gasteiger partial charge in [0, 0.05) is 11.3 Å². The normalized spacial score (nSPS) is 16.2. The summed E-state index contributed by atoms with van der Waals surface area (Å²) < 4.78 is 32.4. The number of ether oxygens (including phenoxy) is 1. The minimum absolute atomic E-state index is 0.0191. The number of aliphatic carboxylic acids is 1. The summed E-state index contributed by atoms with van der Waals surface area (Å²) in [7, 11) is 0. The highest BCUT2D eigenvalue weighted by atomic mass is 32.2. The summed E-state index contributed by atoms with van der Waals surface area (Å²) in [5.41, 5.74) is 6.89. The van der Waals surface area contributed by atoms with Crippen molar-refractivity contribution in [3.05, 3.63) is 95.6 Å². The number of thioether (sulfide) groups is 1. The average molecular weight is 655 g/mol. The van der Waals surface area contributed by atoms with Crippen LogP contribution in [-0.2, 0) is 19.2 Å². The van der Waals surface area contributed by atoms with Gasteiger partial charge in [-0.1, -0.05) is 12.1 Å². The highest BCUT2D eigenvalue weighted by molar-refractivity contribution is 8.01. The molecule has 1 fully saturated rings. The molecule has 0 radical (unpaired) electrons. The lowest BCUT2D eigenvalue weighted by Crippen LogP contribution is -2.57. The molecule has 1 aliphatic rings. The fourth-order valence-electron chi connectivity index (χ4n) is 4.69. The zero-order valence-corrected chi connectivity index (χ0v) is 25.3. The van der Waals surface area contributed by atoms with E-state index in [1.807, 2.05) is 0 Å². The summed E-state index contributed by atoms with van der Waals surface area (Å²) in [5, 5.41) is 13.3. The molecule has 3 atom stereocenters. The minimum Gasteiger partial charge on any atom is -0.484 e. The number of carbonyl (C=O) groups is 5. The van der Waals surface area contributed by atoms with E-state index in [2.05, 4.69) is 10.6 Å². The van der Waals surface area contributed by atoms with E-state index in [4.69, 9.17) is 10.5 Å². The lowest BCUT2D eigenvalue weighted by Gasteiger charge is -2.47. The van der Waals surface area contributed by atoms with E-state index in [1.165, 1.54) is 53.4 Å². The molecule has 3 amide bonds. The second-order valence-corrected chi connectivity index (χ2v) is 11.4. The third-order valence-corrected chi connectivity index (χ3v) is 8.33. The molecule has 3 aromatic carbocycles. The average Bonchev–Trinajstić information content (AvgIpc) is 3.04. The predicted molar refractivity (Wildman–Crippen MR) is 166 cm³/mol. The number of anilines is 1. The third kappa shape index (κ3) is 8.88. The van der Waals surface area contributed by atoms with Crippen LogP contribution in [0.25, 0.3) is 0 Å². The monoisotopic (exact) mass is 654 g/mol. The first kappa shape index (κ1) is 34.1. The fourth-order valence-corrected chi connectivity index (χ4v) is 5.90. The van der Waals surface area contributed by atoms with Gasteiger partial charge >= 0.3 is 5.97 Å². The zero-order chi connectivity index (χ0) is 33.2. The number of benzene rings is 3. The number of nitrogens with one attached hydrogen (secondary N) is 2. The summed E-state index contributed by atoms with van der Waals surface area (Å²) in [6.45, 7) is -0.583. The highest BCUT2D eigenvalue weighted by Gasteiger charge is 2.49. The maximum Gasteiger partial charge on any atom is 0.326 e. The molecule has 4 rings (SSSR count). The van der Waals surface area contributed by atoms with Crippen LogP contribution in [0.2, 0.25) is 0 Å². The van der Waals surface area contributed by atoms with Crippen molar-refractivity contribution in [1.29, 1.82) is 0 Å². The van der Waals surface area contributed by atoms with Gasteiger partial charge in [0.2, 0.25) is 11.8 Å². The summed E-state index contributed by atoms with van der Waals surface area (Å²) >= 11 is 1.15. The Balaban J connectivity index is 1.36. The van der Waals surface area contributed by atoms with E-state index in [9.17, 15) is 37.9 Å². The van der Waals surface area contributed by atoms with E-state index in [0.717, 1.165) is 11.8 Å². The van der Waals surface area contributed by atoms with Crippen LogP contribution in [0.15, 0.2) is 72.8 Å². The molecule has 242 valence electrons. The molecule has 11 nitrogen and oxygen atoms in total. The number of nitrogens with zero attached hydrogens (tertiary/aromatic N) is 1. The van der Waals surface area contributed by atoms with Gasteiger partial charge in [-0.2, -0.15) is 0 Å². The summed E-state index contributed by atoms with van der Waals surface area (Å²) in [5.74, 6) is -3.61. The molecule has 0 saturated carbocycles. The van der Waals surface area contributed by atoms with Crippen LogP contribution < -0.4 is 26.0 Å². The van der Waals surface area contributed by atoms with Crippen molar-refractivity contribution in [2.45, 2.75) is 30.2 Å². The molecule has 5 N–H and O–H groups in total. The van der Waals surface area contributed by atoms with Crippen molar-refractivity contribution < 1.29 is 42.6 Å².